The number of nitrogens with zero attached hydrogens (tertiary/aromatic N) is 2. The molecule has 0 amide bonds. The second-order valence-corrected chi connectivity index (χ2v) is 7.09. The fourth-order valence-electron chi connectivity index (χ4n) is 3.67. The van der Waals surface area contributed by atoms with E-state index in [1.807, 2.05) is 6.07 Å². The van der Waals surface area contributed by atoms with Gasteiger partial charge in [-0.3, -0.25) is 4.99 Å². The molecule has 25 heavy (non-hydrogen) atoms. The molecule has 4 heteroatoms. The molecule has 0 bridgehead atoms. The van der Waals surface area contributed by atoms with Crippen LogP contribution in [0.1, 0.15) is 31.9 Å². The van der Waals surface area contributed by atoms with Crippen molar-refractivity contribution in [2.45, 2.75) is 26.3 Å². The van der Waals surface area contributed by atoms with E-state index in [0.29, 0.717) is 13.0 Å². The fourth-order valence-corrected chi connectivity index (χ4v) is 3.67. The van der Waals surface area contributed by atoms with Crippen LogP contribution in [-0.2, 0) is 0 Å². The van der Waals surface area contributed by atoms with Gasteiger partial charge in [-0.05, 0) is 30.2 Å². The predicted molar refractivity (Wildman–Crippen MR) is 105 cm³/mol. The minimum atomic E-state index is -0.186. The van der Waals surface area contributed by atoms with Crippen LogP contribution in [0.4, 0.5) is 11.4 Å². The number of rotatable bonds is 5. The van der Waals surface area contributed by atoms with Crippen LogP contribution in [0.2, 0.25) is 0 Å². The molecular weight excluding hydrogens is 310 g/mol. The highest BCUT2D eigenvalue weighted by molar-refractivity contribution is 6.03. The summed E-state index contributed by atoms with van der Waals surface area (Å²) in [7, 11) is 2.15. The van der Waals surface area contributed by atoms with E-state index in [1.165, 1.54) is 11.3 Å². The Labute approximate surface area is 150 Å². The lowest BCUT2D eigenvalue weighted by Crippen LogP contribution is -2.47. The van der Waals surface area contributed by atoms with Crippen LogP contribution >= 0.6 is 0 Å². The standard InChI is InChI=1S/C21H27N3O/c1-21(2)19(24(3)16-10-5-4-6-11-16)17-12-7-8-13-18(17)23-20(21)22-14-9-15-25/h4-8,10-13,19,25H,9,14-15H2,1-3H3,(H,22,23). The molecule has 132 valence electrons. The molecule has 0 spiro atoms. The van der Waals surface area contributed by atoms with Crippen molar-refractivity contribution in [1.82, 2.24) is 0 Å². The molecule has 2 N–H and O–H groups in total. The molecular formula is C21H27N3O. The second-order valence-electron chi connectivity index (χ2n) is 7.09. The first-order chi connectivity index (χ1) is 12.1. The van der Waals surface area contributed by atoms with E-state index in [4.69, 9.17) is 10.1 Å². The maximum Gasteiger partial charge on any atom is 0.109 e. The number of anilines is 2. The van der Waals surface area contributed by atoms with Crippen LogP contribution in [0.15, 0.2) is 59.6 Å². The lowest BCUT2D eigenvalue weighted by Gasteiger charge is -2.46. The SMILES string of the molecule is CN(c1ccccc1)C1c2ccccc2NC(=NCCCO)C1(C)C. The van der Waals surface area contributed by atoms with E-state index in [-0.39, 0.29) is 18.1 Å². The van der Waals surface area contributed by atoms with Gasteiger partial charge >= 0.3 is 0 Å². The van der Waals surface area contributed by atoms with Crippen LogP contribution in [0.5, 0.6) is 0 Å². The van der Waals surface area contributed by atoms with Crippen LogP contribution in [0.3, 0.4) is 0 Å². The van der Waals surface area contributed by atoms with E-state index < -0.39 is 0 Å². The highest BCUT2D eigenvalue weighted by Gasteiger charge is 2.43. The fraction of sp³-hybridized carbons (Fsp3) is 0.381. The van der Waals surface area contributed by atoms with Crippen molar-refractivity contribution in [3.05, 3.63) is 60.2 Å². The summed E-state index contributed by atoms with van der Waals surface area (Å²) in [4.78, 5) is 7.10. The summed E-state index contributed by atoms with van der Waals surface area (Å²) < 4.78 is 0. The third-order valence-corrected chi connectivity index (χ3v) is 4.94. The Morgan fingerprint density at radius 2 is 1.76 bits per heavy atom. The Morgan fingerprint density at radius 3 is 2.48 bits per heavy atom. The van der Waals surface area contributed by atoms with Crippen molar-refractivity contribution in [1.29, 1.82) is 0 Å². The first kappa shape index (κ1) is 17.5. The molecule has 0 fully saturated rings. The highest BCUT2D eigenvalue weighted by Crippen LogP contribution is 2.47. The quantitative estimate of drug-likeness (QED) is 0.808. The summed E-state index contributed by atoms with van der Waals surface area (Å²) >= 11 is 0. The Kier molecular flexibility index (Phi) is 5.09. The van der Waals surface area contributed by atoms with E-state index >= 15 is 0 Å². The van der Waals surface area contributed by atoms with E-state index in [9.17, 15) is 0 Å². The summed E-state index contributed by atoms with van der Waals surface area (Å²) in [5.74, 6) is 0.979. The normalized spacial score (nSPS) is 20.0. The van der Waals surface area contributed by atoms with Gasteiger partial charge in [0.25, 0.3) is 0 Å². The van der Waals surface area contributed by atoms with Crippen molar-refractivity contribution in [3.63, 3.8) is 0 Å². The number of hydrogen-bond acceptors (Lipinski definition) is 3. The average Bonchev–Trinajstić information content (AvgIpc) is 2.62. The summed E-state index contributed by atoms with van der Waals surface area (Å²) in [6.45, 7) is 5.27. The van der Waals surface area contributed by atoms with Gasteiger partial charge < -0.3 is 15.3 Å². The zero-order valence-electron chi connectivity index (χ0n) is 15.2. The largest absolute Gasteiger partial charge is 0.396 e. The van der Waals surface area contributed by atoms with Crippen molar-refractivity contribution >= 4 is 17.2 Å². The van der Waals surface area contributed by atoms with Gasteiger partial charge in [-0.2, -0.15) is 0 Å². The molecule has 0 saturated carbocycles. The van der Waals surface area contributed by atoms with Crippen molar-refractivity contribution in [2.24, 2.45) is 10.4 Å². The van der Waals surface area contributed by atoms with Crippen molar-refractivity contribution < 1.29 is 5.11 Å². The number of aliphatic hydroxyl groups excluding tert-OH is 1. The van der Waals surface area contributed by atoms with E-state index in [0.717, 1.165) is 11.5 Å². The van der Waals surface area contributed by atoms with Crippen LogP contribution in [-0.4, -0.2) is 31.1 Å². The Bertz CT molecular complexity index is 740. The third kappa shape index (κ3) is 3.40. The topological polar surface area (TPSA) is 47.9 Å². The van der Waals surface area contributed by atoms with Gasteiger partial charge in [0.05, 0.1) is 6.04 Å². The summed E-state index contributed by atoms with van der Waals surface area (Å²) in [5, 5.41) is 12.6. The molecule has 0 aliphatic carbocycles. The Balaban J connectivity index is 2.05. The van der Waals surface area contributed by atoms with Gasteiger partial charge in [-0.15, -0.1) is 0 Å². The van der Waals surface area contributed by atoms with Gasteiger partial charge in [0.1, 0.15) is 5.84 Å². The van der Waals surface area contributed by atoms with Gasteiger partial charge in [-0.1, -0.05) is 50.2 Å². The van der Waals surface area contributed by atoms with Gasteiger partial charge in [-0.25, -0.2) is 0 Å². The number of aliphatic imine (C=N–C) groups is 1. The number of aliphatic hydroxyl groups is 1. The lowest BCUT2D eigenvalue weighted by atomic mass is 9.75. The van der Waals surface area contributed by atoms with Crippen molar-refractivity contribution in [3.8, 4) is 0 Å². The van der Waals surface area contributed by atoms with Crippen LogP contribution in [0.25, 0.3) is 0 Å². The van der Waals surface area contributed by atoms with Crippen molar-refractivity contribution in [2.75, 3.05) is 30.4 Å². The molecule has 0 radical (unpaired) electrons. The highest BCUT2D eigenvalue weighted by atomic mass is 16.3. The minimum Gasteiger partial charge on any atom is -0.396 e. The molecule has 4 nitrogen and oxygen atoms in total. The zero-order valence-corrected chi connectivity index (χ0v) is 15.2. The Morgan fingerprint density at radius 1 is 1.08 bits per heavy atom. The third-order valence-electron chi connectivity index (χ3n) is 4.94. The molecule has 1 atom stereocenters. The molecule has 1 aliphatic rings. The molecule has 0 aromatic heterocycles. The first-order valence-corrected chi connectivity index (χ1v) is 8.85. The van der Waals surface area contributed by atoms with Gasteiger partial charge in [0, 0.05) is 37.0 Å². The van der Waals surface area contributed by atoms with Crippen LogP contribution in [0, 0.1) is 5.41 Å². The molecule has 1 aliphatic heterocycles. The molecule has 2 aromatic rings. The summed E-state index contributed by atoms with van der Waals surface area (Å²) in [5.41, 5.74) is 3.39. The van der Waals surface area contributed by atoms with E-state index in [2.05, 4.69) is 79.6 Å². The number of fused-ring (bicyclic) bond motifs is 1. The molecule has 3 rings (SSSR count). The first-order valence-electron chi connectivity index (χ1n) is 8.85. The average molecular weight is 337 g/mol. The lowest BCUT2D eigenvalue weighted by molar-refractivity contribution is 0.291. The van der Waals surface area contributed by atoms with E-state index in [1.54, 1.807) is 0 Å². The molecule has 2 aromatic carbocycles. The predicted octanol–water partition coefficient (Wildman–Crippen LogP) is 4.10. The molecule has 1 heterocycles. The number of nitrogens with one attached hydrogen (secondary N) is 1. The maximum atomic E-state index is 9.07. The van der Waals surface area contributed by atoms with Gasteiger partial charge in [0.15, 0.2) is 0 Å². The zero-order chi connectivity index (χ0) is 17.9. The summed E-state index contributed by atoms with van der Waals surface area (Å²) in [6.07, 6.45) is 0.683. The molecule has 1 unspecified atom stereocenters. The number of para-hydroxylation sites is 2. The molecule has 0 saturated heterocycles. The Hall–Kier alpha value is -2.33. The van der Waals surface area contributed by atoms with Crippen LogP contribution < -0.4 is 10.2 Å². The maximum absolute atomic E-state index is 9.07. The number of amidine groups is 1. The number of hydrogen-bond donors (Lipinski definition) is 2. The second kappa shape index (κ2) is 7.28. The minimum absolute atomic E-state index is 0.167. The monoisotopic (exact) mass is 337 g/mol. The summed E-state index contributed by atoms with van der Waals surface area (Å²) in [6, 6.07) is 19.1. The number of benzene rings is 2. The smallest absolute Gasteiger partial charge is 0.109 e. The van der Waals surface area contributed by atoms with Gasteiger partial charge in [0.2, 0.25) is 0 Å².